The number of nitrogens with zero attached hydrogens (tertiary/aromatic N) is 1. The van der Waals surface area contributed by atoms with Gasteiger partial charge in [0.25, 0.3) is 0 Å². The lowest BCUT2D eigenvalue weighted by atomic mass is 10.0. The predicted molar refractivity (Wildman–Crippen MR) is 114 cm³/mol. The highest BCUT2D eigenvalue weighted by Crippen LogP contribution is 2.17. The summed E-state index contributed by atoms with van der Waals surface area (Å²) >= 11 is 0. The van der Waals surface area contributed by atoms with Crippen LogP contribution in [0, 0.1) is 6.92 Å². The van der Waals surface area contributed by atoms with Gasteiger partial charge in [-0.1, -0.05) is 48.9 Å². The molecule has 1 atom stereocenters. The van der Waals surface area contributed by atoms with Gasteiger partial charge in [0.05, 0.1) is 6.04 Å². The van der Waals surface area contributed by atoms with Crippen molar-refractivity contribution in [1.29, 1.82) is 0 Å². The number of aryl methyl sites for hydroxylation is 1. The molecule has 0 aliphatic rings. The second-order valence-corrected chi connectivity index (χ2v) is 7.03. The quantitative estimate of drug-likeness (QED) is 0.704. The molecule has 0 heterocycles. The van der Waals surface area contributed by atoms with Gasteiger partial charge >= 0.3 is 11.8 Å². The van der Waals surface area contributed by atoms with Crippen LogP contribution in [0.25, 0.3) is 0 Å². The first-order chi connectivity index (χ1) is 13.8. The maximum Gasteiger partial charge on any atom is 0.313 e. The topological polar surface area (TPSA) is 78.5 Å². The molecule has 0 aliphatic carbocycles. The van der Waals surface area contributed by atoms with E-state index >= 15 is 0 Å². The van der Waals surface area contributed by atoms with Crippen LogP contribution in [0.15, 0.2) is 48.5 Å². The van der Waals surface area contributed by atoms with E-state index in [9.17, 15) is 14.4 Å². The average Bonchev–Trinajstić information content (AvgIpc) is 2.70. The third-order valence-corrected chi connectivity index (χ3v) is 4.78. The molecule has 0 bridgehead atoms. The highest BCUT2D eigenvalue weighted by atomic mass is 16.2. The maximum absolute atomic E-state index is 12.4. The zero-order valence-electron chi connectivity index (χ0n) is 17.5. The molecule has 0 saturated carbocycles. The average molecular weight is 396 g/mol. The molecule has 6 heteroatoms. The number of hydrogen-bond donors (Lipinski definition) is 2. The van der Waals surface area contributed by atoms with E-state index in [0.29, 0.717) is 25.2 Å². The van der Waals surface area contributed by atoms with Crippen LogP contribution < -0.4 is 10.6 Å². The predicted octanol–water partition coefficient (Wildman–Crippen LogP) is 3.57. The molecule has 2 N–H and O–H groups in total. The fraction of sp³-hybridized carbons (Fsp3) is 0.348. The highest BCUT2D eigenvalue weighted by molar-refractivity contribution is 6.39. The number of rotatable bonds is 7. The first-order valence-electron chi connectivity index (χ1n) is 9.86. The van der Waals surface area contributed by atoms with Crippen molar-refractivity contribution in [2.45, 2.75) is 46.7 Å². The normalized spacial score (nSPS) is 11.4. The lowest BCUT2D eigenvalue weighted by molar-refractivity contribution is -0.136. The van der Waals surface area contributed by atoms with Gasteiger partial charge in [0.2, 0.25) is 5.91 Å². The number of carbonyl (C=O) groups is 3. The minimum Gasteiger partial charge on any atom is -0.341 e. The van der Waals surface area contributed by atoms with Crippen molar-refractivity contribution >= 4 is 23.4 Å². The first-order valence-corrected chi connectivity index (χ1v) is 9.86. The van der Waals surface area contributed by atoms with Crippen LogP contribution in [0.4, 0.5) is 5.69 Å². The van der Waals surface area contributed by atoms with E-state index in [1.807, 2.05) is 51.1 Å². The molecule has 0 aromatic heterocycles. The summed E-state index contributed by atoms with van der Waals surface area (Å²) in [6.45, 7) is 8.45. The Bertz CT molecular complexity index is 862. The summed E-state index contributed by atoms with van der Waals surface area (Å²) in [5.74, 6) is -1.41. The molecule has 0 fully saturated rings. The molecule has 2 aromatic carbocycles. The number of anilines is 1. The Balaban J connectivity index is 2.01. The highest BCUT2D eigenvalue weighted by Gasteiger charge is 2.19. The van der Waals surface area contributed by atoms with Gasteiger partial charge in [-0.15, -0.1) is 0 Å². The second kappa shape index (κ2) is 10.4. The molecular weight excluding hydrogens is 366 g/mol. The second-order valence-electron chi connectivity index (χ2n) is 7.03. The number of nitrogens with one attached hydrogen (secondary N) is 2. The Morgan fingerprint density at radius 3 is 2.28 bits per heavy atom. The molecule has 29 heavy (non-hydrogen) atoms. The summed E-state index contributed by atoms with van der Waals surface area (Å²) in [7, 11) is 0. The van der Waals surface area contributed by atoms with E-state index in [-0.39, 0.29) is 11.9 Å². The third kappa shape index (κ3) is 6.45. The number of benzene rings is 2. The smallest absolute Gasteiger partial charge is 0.313 e. The summed E-state index contributed by atoms with van der Waals surface area (Å²) in [4.78, 5) is 38.0. The summed E-state index contributed by atoms with van der Waals surface area (Å²) in [5, 5.41) is 5.43. The molecule has 2 aromatic rings. The molecule has 0 aliphatic heterocycles. The molecule has 3 amide bonds. The molecule has 0 radical (unpaired) electrons. The van der Waals surface area contributed by atoms with Crippen LogP contribution >= 0.6 is 0 Å². The van der Waals surface area contributed by atoms with Crippen molar-refractivity contribution in [2.75, 3.05) is 11.9 Å². The number of carbonyl (C=O) groups excluding carboxylic acids is 3. The van der Waals surface area contributed by atoms with Crippen LogP contribution in [-0.2, 0) is 20.9 Å². The maximum atomic E-state index is 12.4. The van der Waals surface area contributed by atoms with Crippen LogP contribution in [0.5, 0.6) is 0 Å². The molecule has 0 saturated heterocycles. The van der Waals surface area contributed by atoms with Crippen molar-refractivity contribution in [1.82, 2.24) is 10.2 Å². The van der Waals surface area contributed by atoms with E-state index in [2.05, 4.69) is 10.6 Å². The summed E-state index contributed by atoms with van der Waals surface area (Å²) in [6, 6.07) is 14.8. The third-order valence-electron chi connectivity index (χ3n) is 4.78. The minimum absolute atomic E-state index is 0.0111. The van der Waals surface area contributed by atoms with Crippen LogP contribution in [0.3, 0.4) is 0 Å². The summed E-state index contributed by atoms with van der Waals surface area (Å²) in [6.07, 6.45) is 0.676. The Hall–Kier alpha value is -3.15. The van der Waals surface area contributed by atoms with Gasteiger partial charge in [-0.25, -0.2) is 0 Å². The molecule has 6 nitrogen and oxygen atoms in total. The molecule has 1 unspecified atom stereocenters. The molecule has 0 spiro atoms. The molecular formula is C23H29N3O3. The van der Waals surface area contributed by atoms with Gasteiger partial charge in [-0.05, 0) is 43.5 Å². The monoisotopic (exact) mass is 395 g/mol. The Morgan fingerprint density at radius 2 is 1.69 bits per heavy atom. The van der Waals surface area contributed by atoms with E-state index in [0.717, 1.165) is 16.7 Å². The number of hydrogen-bond acceptors (Lipinski definition) is 3. The van der Waals surface area contributed by atoms with E-state index < -0.39 is 11.8 Å². The van der Waals surface area contributed by atoms with Crippen molar-refractivity contribution in [3.63, 3.8) is 0 Å². The van der Waals surface area contributed by atoms with E-state index in [1.165, 1.54) is 6.92 Å². The van der Waals surface area contributed by atoms with Crippen molar-refractivity contribution in [3.05, 3.63) is 65.2 Å². The van der Waals surface area contributed by atoms with Gasteiger partial charge in [0.1, 0.15) is 0 Å². The van der Waals surface area contributed by atoms with E-state index in [1.54, 1.807) is 23.1 Å². The number of amides is 3. The van der Waals surface area contributed by atoms with E-state index in [4.69, 9.17) is 0 Å². The zero-order chi connectivity index (χ0) is 21.4. The zero-order valence-corrected chi connectivity index (χ0v) is 17.5. The van der Waals surface area contributed by atoms with Crippen molar-refractivity contribution in [3.8, 4) is 0 Å². The molecule has 154 valence electrons. The van der Waals surface area contributed by atoms with Crippen molar-refractivity contribution < 1.29 is 14.4 Å². The standard InChI is InChI=1S/C23H29N3O3/c1-5-21(19-12-10-16(3)11-13-19)25-23(29)22(28)24-20-9-7-8-18(14-20)15-26(6-2)17(4)27/h7-14,21H,5-6,15H2,1-4H3,(H,24,28)(H,25,29). The van der Waals surface area contributed by atoms with Gasteiger partial charge in [0, 0.05) is 25.7 Å². The van der Waals surface area contributed by atoms with Crippen LogP contribution in [0.2, 0.25) is 0 Å². The van der Waals surface area contributed by atoms with Gasteiger partial charge < -0.3 is 15.5 Å². The van der Waals surface area contributed by atoms with Gasteiger partial charge in [0.15, 0.2) is 0 Å². The lowest BCUT2D eigenvalue weighted by Gasteiger charge is -2.19. The van der Waals surface area contributed by atoms with Crippen LogP contribution in [-0.4, -0.2) is 29.2 Å². The Kier molecular flexibility index (Phi) is 7.95. The Morgan fingerprint density at radius 1 is 1.00 bits per heavy atom. The minimum atomic E-state index is -0.716. The SMILES string of the molecule is CCC(NC(=O)C(=O)Nc1cccc(CN(CC)C(C)=O)c1)c1ccc(C)cc1. The summed E-state index contributed by atoms with van der Waals surface area (Å²) < 4.78 is 0. The molecule has 2 rings (SSSR count). The fourth-order valence-electron chi connectivity index (χ4n) is 3.05. The van der Waals surface area contributed by atoms with Gasteiger partial charge in [-0.2, -0.15) is 0 Å². The summed E-state index contributed by atoms with van der Waals surface area (Å²) in [5.41, 5.74) is 3.50. The fourth-order valence-corrected chi connectivity index (χ4v) is 3.05. The van der Waals surface area contributed by atoms with Crippen molar-refractivity contribution in [2.24, 2.45) is 0 Å². The van der Waals surface area contributed by atoms with Crippen LogP contribution in [0.1, 0.15) is 49.9 Å². The largest absolute Gasteiger partial charge is 0.341 e. The Labute approximate surface area is 172 Å². The first kappa shape index (κ1) is 22.1. The lowest BCUT2D eigenvalue weighted by Crippen LogP contribution is -2.37. The van der Waals surface area contributed by atoms with Gasteiger partial charge in [-0.3, -0.25) is 14.4 Å².